The summed E-state index contributed by atoms with van der Waals surface area (Å²) in [6.07, 6.45) is 4.37. The Balaban J connectivity index is 1.38. The van der Waals surface area contributed by atoms with Crippen molar-refractivity contribution in [1.82, 2.24) is 10.2 Å². The van der Waals surface area contributed by atoms with Gasteiger partial charge in [0.1, 0.15) is 0 Å². The van der Waals surface area contributed by atoms with E-state index in [0.717, 1.165) is 37.9 Å². The maximum atomic E-state index is 12.4. The zero-order valence-electron chi connectivity index (χ0n) is 16.9. The van der Waals surface area contributed by atoms with Crippen LogP contribution in [0.1, 0.15) is 46.3 Å². The summed E-state index contributed by atoms with van der Waals surface area (Å²) in [6, 6.07) is 16.1. The van der Waals surface area contributed by atoms with Crippen molar-refractivity contribution >= 4 is 11.8 Å². The van der Waals surface area contributed by atoms with Gasteiger partial charge in [0.25, 0.3) is 5.91 Å². The summed E-state index contributed by atoms with van der Waals surface area (Å²) >= 11 is 0. The van der Waals surface area contributed by atoms with Crippen LogP contribution in [-0.4, -0.2) is 36.3 Å². The molecule has 0 aliphatic carbocycles. The van der Waals surface area contributed by atoms with Gasteiger partial charge in [0.2, 0.25) is 5.91 Å². The highest BCUT2D eigenvalue weighted by Crippen LogP contribution is 2.22. The van der Waals surface area contributed by atoms with E-state index in [1.165, 1.54) is 17.5 Å². The number of carbonyl (C=O) groups is 2. The highest BCUT2D eigenvalue weighted by Gasteiger charge is 2.22. The van der Waals surface area contributed by atoms with Crippen molar-refractivity contribution in [3.8, 4) is 0 Å². The van der Waals surface area contributed by atoms with E-state index in [1.54, 1.807) is 12.1 Å². The molecule has 28 heavy (non-hydrogen) atoms. The molecule has 3 rings (SSSR count). The number of benzene rings is 2. The van der Waals surface area contributed by atoms with Crippen LogP contribution in [0.15, 0.2) is 48.5 Å². The van der Waals surface area contributed by atoms with Gasteiger partial charge in [0, 0.05) is 18.7 Å². The van der Waals surface area contributed by atoms with Gasteiger partial charge in [-0.1, -0.05) is 47.5 Å². The van der Waals surface area contributed by atoms with Crippen LogP contribution in [-0.2, 0) is 11.2 Å². The molecular formula is C24H30N2O2. The number of aryl methyl sites for hydroxylation is 3. The van der Waals surface area contributed by atoms with Crippen LogP contribution in [0.25, 0.3) is 0 Å². The Morgan fingerprint density at radius 2 is 1.50 bits per heavy atom. The molecule has 0 aromatic heterocycles. The maximum Gasteiger partial charge on any atom is 0.251 e. The van der Waals surface area contributed by atoms with Crippen molar-refractivity contribution in [3.05, 3.63) is 70.8 Å². The molecule has 0 unspecified atom stereocenters. The summed E-state index contributed by atoms with van der Waals surface area (Å²) in [6.45, 7) is 5.74. The SMILES string of the molecule is Cc1ccc(CCC2CCN(C(=O)CNC(=O)c3ccc(C)cc3)CC2)cc1. The number of amides is 2. The van der Waals surface area contributed by atoms with Crippen molar-refractivity contribution in [2.75, 3.05) is 19.6 Å². The third-order valence-electron chi connectivity index (χ3n) is 5.64. The smallest absolute Gasteiger partial charge is 0.251 e. The second-order valence-corrected chi connectivity index (χ2v) is 7.90. The first-order valence-electron chi connectivity index (χ1n) is 10.2. The Bertz CT molecular complexity index is 788. The molecule has 4 heteroatoms. The molecular weight excluding hydrogens is 348 g/mol. The Kier molecular flexibility index (Phi) is 6.85. The van der Waals surface area contributed by atoms with Gasteiger partial charge < -0.3 is 10.2 Å². The van der Waals surface area contributed by atoms with Crippen molar-refractivity contribution in [1.29, 1.82) is 0 Å². The highest BCUT2D eigenvalue weighted by molar-refractivity contribution is 5.96. The molecule has 1 aliphatic rings. The van der Waals surface area contributed by atoms with E-state index in [1.807, 2.05) is 24.0 Å². The zero-order chi connectivity index (χ0) is 19.9. The summed E-state index contributed by atoms with van der Waals surface area (Å²) < 4.78 is 0. The molecule has 4 nitrogen and oxygen atoms in total. The summed E-state index contributed by atoms with van der Waals surface area (Å²) in [5, 5.41) is 2.75. The van der Waals surface area contributed by atoms with E-state index in [0.29, 0.717) is 11.5 Å². The zero-order valence-corrected chi connectivity index (χ0v) is 16.9. The number of likely N-dealkylation sites (tertiary alicyclic amines) is 1. The normalized spacial score (nSPS) is 14.7. The molecule has 0 atom stereocenters. The van der Waals surface area contributed by atoms with Crippen molar-refractivity contribution in [2.45, 2.75) is 39.5 Å². The topological polar surface area (TPSA) is 49.4 Å². The fourth-order valence-corrected chi connectivity index (χ4v) is 3.67. The van der Waals surface area contributed by atoms with Crippen molar-refractivity contribution in [2.24, 2.45) is 5.92 Å². The first-order valence-corrected chi connectivity index (χ1v) is 10.2. The van der Waals surface area contributed by atoms with E-state index < -0.39 is 0 Å². The lowest BCUT2D eigenvalue weighted by molar-refractivity contribution is -0.131. The number of nitrogens with zero attached hydrogens (tertiary/aromatic N) is 1. The molecule has 1 aliphatic heterocycles. The van der Waals surface area contributed by atoms with Crippen molar-refractivity contribution in [3.63, 3.8) is 0 Å². The standard InChI is InChI=1S/C24H30N2O2/c1-18-3-7-20(8-4-18)9-10-21-13-15-26(16-14-21)23(27)17-25-24(28)22-11-5-19(2)6-12-22/h3-8,11-12,21H,9-10,13-17H2,1-2H3,(H,25,28). The third kappa shape index (κ3) is 5.69. The van der Waals surface area contributed by atoms with E-state index in [-0.39, 0.29) is 18.4 Å². The molecule has 2 aromatic carbocycles. The van der Waals surface area contributed by atoms with Crippen LogP contribution >= 0.6 is 0 Å². The van der Waals surface area contributed by atoms with Crippen LogP contribution in [0, 0.1) is 19.8 Å². The third-order valence-corrected chi connectivity index (χ3v) is 5.64. The lowest BCUT2D eigenvalue weighted by Gasteiger charge is -2.32. The van der Waals surface area contributed by atoms with Gasteiger partial charge in [-0.05, 0) is 63.1 Å². The minimum atomic E-state index is -0.193. The molecule has 2 aromatic rings. The molecule has 1 fully saturated rings. The Morgan fingerprint density at radius 1 is 0.929 bits per heavy atom. The molecule has 1 saturated heterocycles. The average Bonchev–Trinajstić information content (AvgIpc) is 2.72. The van der Waals surface area contributed by atoms with Gasteiger partial charge in [-0.25, -0.2) is 0 Å². The molecule has 0 saturated carbocycles. The molecule has 1 N–H and O–H groups in total. The van der Waals surface area contributed by atoms with Crippen LogP contribution in [0.5, 0.6) is 0 Å². The minimum Gasteiger partial charge on any atom is -0.343 e. The highest BCUT2D eigenvalue weighted by atomic mass is 16.2. The summed E-state index contributed by atoms with van der Waals surface area (Å²) in [5.74, 6) is 0.492. The van der Waals surface area contributed by atoms with Crippen molar-refractivity contribution < 1.29 is 9.59 Å². The second kappa shape index (κ2) is 9.54. The van der Waals surface area contributed by atoms with Gasteiger partial charge in [-0.3, -0.25) is 9.59 Å². The molecule has 148 valence electrons. The van der Waals surface area contributed by atoms with Gasteiger partial charge in [-0.2, -0.15) is 0 Å². The van der Waals surface area contributed by atoms with Gasteiger partial charge in [0.05, 0.1) is 6.54 Å². The predicted octanol–water partition coefficient (Wildman–Crippen LogP) is 3.90. The van der Waals surface area contributed by atoms with E-state index in [4.69, 9.17) is 0 Å². The Morgan fingerprint density at radius 3 is 2.11 bits per heavy atom. The van der Waals surface area contributed by atoms with Gasteiger partial charge in [0.15, 0.2) is 0 Å². The lowest BCUT2D eigenvalue weighted by atomic mass is 9.90. The molecule has 1 heterocycles. The summed E-state index contributed by atoms with van der Waals surface area (Å²) in [7, 11) is 0. The van der Waals surface area contributed by atoms with Gasteiger partial charge >= 0.3 is 0 Å². The number of piperidine rings is 1. The van der Waals surface area contributed by atoms with Gasteiger partial charge in [-0.15, -0.1) is 0 Å². The van der Waals surface area contributed by atoms with Crippen LogP contribution < -0.4 is 5.32 Å². The second-order valence-electron chi connectivity index (χ2n) is 7.90. The summed E-state index contributed by atoms with van der Waals surface area (Å²) in [5.41, 5.74) is 4.39. The average molecular weight is 379 g/mol. The maximum absolute atomic E-state index is 12.4. The first kappa shape index (κ1) is 20.1. The largest absolute Gasteiger partial charge is 0.343 e. The predicted molar refractivity (Wildman–Crippen MR) is 112 cm³/mol. The number of nitrogens with one attached hydrogen (secondary N) is 1. The first-order chi connectivity index (χ1) is 13.5. The number of hydrogen-bond acceptors (Lipinski definition) is 2. The monoisotopic (exact) mass is 378 g/mol. The van der Waals surface area contributed by atoms with E-state index in [9.17, 15) is 9.59 Å². The van der Waals surface area contributed by atoms with E-state index >= 15 is 0 Å². The Hall–Kier alpha value is -2.62. The molecule has 0 spiro atoms. The number of rotatable bonds is 6. The fraction of sp³-hybridized carbons (Fsp3) is 0.417. The van der Waals surface area contributed by atoms with E-state index in [2.05, 4.69) is 36.5 Å². The Labute approximate surface area is 167 Å². The fourth-order valence-electron chi connectivity index (χ4n) is 3.67. The molecule has 2 amide bonds. The van der Waals surface area contributed by atoms with Crippen LogP contribution in [0.2, 0.25) is 0 Å². The molecule has 0 bridgehead atoms. The van der Waals surface area contributed by atoms with Crippen LogP contribution in [0.4, 0.5) is 0 Å². The quantitative estimate of drug-likeness (QED) is 0.829. The molecule has 0 radical (unpaired) electrons. The minimum absolute atomic E-state index is 0.0115. The number of hydrogen-bond donors (Lipinski definition) is 1. The number of carbonyl (C=O) groups excluding carboxylic acids is 2. The van der Waals surface area contributed by atoms with Crippen LogP contribution in [0.3, 0.4) is 0 Å². The lowest BCUT2D eigenvalue weighted by Crippen LogP contribution is -2.44. The summed E-state index contributed by atoms with van der Waals surface area (Å²) in [4.78, 5) is 26.5.